The van der Waals surface area contributed by atoms with Crippen molar-refractivity contribution in [2.24, 2.45) is 0 Å². The minimum atomic E-state index is -0.415. The first-order valence-electron chi connectivity index (χ1n) is 8.96. The topological polar surface area (TPSA) is 58.6 Å². The summed E-state index contributed by atoms with van der Waals surface area (Å²) < 4.78 is 5.05. The quantitative estimate of drug-likeness (QED) is 0.861. The standard InChI is InChI=1S/C21H22N2O3/c1-26-13-11-22-20(24)18-16-8-4-5-9-17(16)21(25)23-12-10-14-6-2-3-7-15(14)19(18)23/h2-9,18-19H,10-13H2,1H3,(H,22,24)/t18-,19+/m1/s1. The lowest BCUT2D eigenvalue weighted by molar-refractivity contribution is -0.124. The molecule has 2 heterocycles. The lowest BCUT2D eigenvalue weighted by Gasteiger charge is -2.45. The Morgan fingerprint density at radius 2 is 1.88 bits per heavy atom. The van der Waals surface area contributed by atoms with E-state index in [9.17, 15) is 9.59 Å². The van der Waals surface area contributed by atoms with E-state index in [0.29, 0.717) is 25.3 Å². The lowest BCUT2D eigenvalue weighted by Crippen LogP contribution is -2.50. The van der Waals surface area contributed by atoms with Gasteiger partial charge in [0, 0.05) is 25.8 Å². The SMILES string of the molecule is COCCNC(=O)[C@@H]1c2ccccc2C(=O)N2CCc3ccccc3[C@@H]12. The molecule has 0 aliphatic carbocycles. The van der Waals surface area contributed by atoms with Crippen molar-refractivity contribution in [1.82, 2.24) is 10.2 Å². The van der Waals surface area contributed by atoms with Crippen LogP contribution in [0.25, 0.3) is 0 Å². The van der Waals surface area contributed by atoms with E-state index in [4.69, 9.17) is 4.74 Å². The van der Waals surface area contributed by atoms with Crippen LogP contribution >= 0.6 is 0 Å². The maximum absolute atomic E-state index is 13.1. The smallest absolute Gasteiger partial charge is 0.254 e. The maximum Gasteiger partial charge on any atom is 0.254 e. The molecule has 0 radical (unpaired) electrons. The Bertz CT molecular complexity index is 849. The molecule has 5 nitrogen and oxygen atoms in total. The zero-order valence-corrected chi connectivity index (χ0v) is 14.8. The minimum Gasteiger partial charge on any atom is -0.383 e. The molecule has 0 spiro atoms. The molecule has 134 valence electrons. The molecule has 2 aromatic rings. The van der Waals surface area contributed by atoms with Crippen LogP contribution in [0.15, 0.2) is 48.5 Å². The van der Waals surface area contributed by atoms with Crippen molar-refractivity contribution in [1.29, 1.82) is 0 Å². The van der Waals surface area contributed by atoms with Gasteiger partial charge in [-0.1, -0.05) is 42.5 Å². The van der Waals surface area contributed by atoms with E-state index in [-0.39, 0.29) is 17.9 Å². The molecule has 0 unspecified atom stereocenters. The van der Waals surface area contributed by atoms with E-state index in [1.165, 1.54) is 5.56 Å². The Kier molecular flexibility index (Phi) is 4.47. The summed E-state index contributed by atoms with van der Waals surface area (Å²) in [5.41, 5.74) is 3.74. The molecule has 0 saturated carbocycles. The molecule has 0 aromatic heterocycles. The van der Waals surface area contributed by atoms with Crippen molar-refractivity contribution in [3.05, 3.63) is 70.8 Å². The number of carbonyl (C=O) groups is 2. The van der Waals surface area contributed by atoms with Gasteiger partial charge in [-0.25, -0.2) is 0 Å². The highest BCUT2D eigenvalue weighted by atomic mass is 16.5. The fourth-order valence-corrected chi connectivity index (χ4v) is 4.14. The summed E-state index contributed by atoms with van der Waals surface area (Å²) in [6.07, 6.45) is 0.818. The van der Waals surface area contributed by atoms with Crippen LogP contribution in [0.2, 0.25) is 0 Å². The Morgan fingerprint density at radius 1 is 1.15 bits per heavy atom. The summed E-state index contributed by atoms with van der Waals surface area (Å²) in [6.45, 7) is 1.55. The number of nitrogens with one attached hydrogen (secondary N) is 1. The van der Waals surface area contributed by atoms with Crippen molar-refractivity contribution in [3.63, 3.8) is 0 Å². The third-order valence-electron chi connectivity index (χ3n) is 5.32. The molecule has 4 rings (SSSR count). The molecular weight excluding hydrogens is 328 g/mol. The van der Waals surface area contributed by atoms with Crippen LogP contribution in [0, 0.1) is 0 Å². The third-order valence-corrected chi connectivity index (χ3v) is 5.32. The zero-order valence-electron chi connectivity index (χ0n) is 14.8. The molecule has 2 aliphatic rings. The van der Waals surface area contributed by atoms with Gasteiger partial charge in [-0.3, -0.25) is 9.59 Å². The number of methoxy groups -OCH3 is 1. The van der Waals surface area contributed by atoms with Crippen LogP contribution in [-0.2, 0) is 16.0 Å². The predicted octanol–water partition coefficient (Wildman–Crippen LogP) is 2.29. The van der Waals surface area contributed by atoms with Gasteiger partial charge in [-0.2, -0.15) is 0 Å². The maximum atomic E-state index is 13.1. The number of hydrogen-bond donors (Lipinski definition) is 1. The van der Waals surface area contributed by atoms with Crippen molar-refractivity contribution < 1.29 is 14.3 Å². The van der Waals surface area contributed by atoms with Crippen LogP contribution in [0.3, 0.4) is 0 Å². The highest BCUT2D eigenvalue weighted by Crippen LogP contribution is 2.45. The van der Waals surface area contributed by atoms with E-state index in [1.54, 1.807) is 7.11 Å². The molecule has 0 bridgehead atoms. The van der Waals surface area contributed by atoms with Gasteiger partial charge in [0.2, 0.25) is 5.91 Å². The van der Waals surface area contributed by atoms with Gasteiger partial charge in [-0.15, -0.1) is 0 Å². The van der Waals surface area contributed by atoms with Gasteiger partial charge in [0.1, 0.15) is 0 Å². The Balaban J connectivity index is 1.81. The molecule has 0 saturated heterocycles. The van der Waals surface area contributed by atoms with E-state index < -0.39 is 5.92 Å². The molecule has 1 N–H and O–H groups in total. The average molecular weight is 350 g/mol. The summed E-state index contributed by atoms with van der Waals surface area (Å²) >= 11 is 0. The third kappa shape index (κ3) is 2.69. The normalized spacial score (nSPS) is 20.8. The van der Waals surface area contributed by atoms with Crippen molar-refractivity contribution in [2.75, 3.05) is 26.8 Å². The first-order valence-corrected chi connectivity index (χ1v) is 8.96. The van der Waals surface area contributed by atoms with Crippen molar-refractivity contribution >= 4 is 11.8 Å². The number of rotatable bonds is 4. The monoisotopic (exact) mass is 350 g/mol. The Hall–Kier alpha value is -2.66. The molecular formula is C21H22N2O3. The van der Waals surface area contributed by atoms with Gasteiger partial charge in [-0.05, 0) is 29.2 Å². The van der Waals surface area contributed by atoms with Crippen molar-refractivity contribution in [2.45, 2.75) is 18.4 Å². The van der Waals surface area contributed by atoms with E-state index in [0.717, 1.165) is 17.5 Å². The number of nitrogens with zero attached hydrogens (tertiary/aromatic N) is 1. The number of hydrogen-bond acceptors (Lipinski definition) is 3. The second-order valence-corrected chi connectivity index (χ2v) is 6.74. The van der Waals surface area contributed by atoms with Gasteiger partial charge >= 0.3 is 0 Å². The summed E-state index contributed by atoms with van der Waals surface area (Å²) in [4.78, 5) is 28.0. The van der Waals surface area contributed by atoms with Crippen LogP contribution in [0.4, 0.5) is 0 Å². The second-order valence-electron chi connectivity index (χ2n) is 6.74. The fraction of sp³-hybridized carbons (Fsp3) is 0.333. The number of carbonyl (C=O) groups excluding carboxylic acids is 2. The first kappa shape index (κ1) is 16.8. The number of amides is 2. The van der Waals surface area contributed by atoms with Crippen LogP contribution < -0.4 is 5.32 Å². The molecule has 26 heavy (non-hydrogen) atoms. The molecule has 2 aliphatic heterocycles. The summed E-state index contributed by atoms with van der Waals surface area (Å²) in [7, 11) is 1.61. The molecule has 2 aromatic carbocycles. The zero-order chi connectivity index (χ0) is 18.1. The molecule has 2 atom stereocenters. The summed E-state index contributed by atoms with van der Waals surface area (Å²) in [5.74, 6) is -0.461. The number of ether oxygens (including phenoxy) is 1. The molecule has 2 amide bonds. The minimum absolute atomic E-state index is 0.0149. The average Bonchev–Trinajstić information content (AvgIpc) is 2.68. The number of fused-ring (bicyclic) bond motifs is 4. The van der Waals surface area contributed by atoms with E-state index in [1.807, 2.05) is 47.4 Å². The van der Waals surface area contributed by atoms with E-state index >= 15 is 0 Å². The highest BCUT2D eigenvalue weighted by molar-refractivity contribution is 6.01. The Morgan fingerprint density at radius 3 is 2.69 bits per heavy atom. The van der Waals surface area contributed by atoms with Crippen molar-refractivity contribution in [3.8, 4) is 0 Å². The summed E-state index contributed by atoms with van der Waals surface area (Å²) in [5, 5.41) is 2.97. The van der Waals surface area contributed by atoms with Crippen LogP contribution in [0.5, 0.6) is 0 Å². The fourth-order valence-electron chi connectivity index (χ4n) is 4.14. The van der Waals surface area contributed by atoms with Gasteiger partial charge < -0.3 is 15.0 Å². The van der Waals surface area contributed by atoms with Gasteiger partial charge in [0.05, 0.1) is 18.6 Å². The Labute approximate surface area is 153 Å². The van der Waals surface area contributed by atoms with Crippen LogP contribution in [0.1, 0.15) is 39.0 Å². The summed E-state index contributed by atoms with van der Waals surface area (Å²) in [6, 6.07) is 15.4. The molecule has 0 fully saturated rings. The highest BCUT2D eigenvalue weighted by Gasteiger charge is 2.45. The first-order chi connectivity index (χ1) is 12.7. The lowest BCUT2D eigenvalue weighted by atomic mass is 9.76. The number of benzene rings is 2. The van der Waals surface area contributed by atoms with E-state index in [2.05, 4.69) is 11.4 Å². The van der Waals surface area contributed by atoms with Gasteiger partial charge in [0.25, 0.3) is 5.91 Å². The largest absolute Gasteiger partial charge is 0.383 e. The van der Waals surface area contributed by atoms with Crippen LogP contribution in [-0.4, -0.2) is 43.5 Å². The predicted molar refractivity (Wildman–Crippen MR) is 98.0 cm³/mol. The van der Waals surface area contributed by atoms with Gasteiger partial charge in [0.15, 0.2) is 0 Å². The second kappa shape index (κ2) is 6.92. The molecule has 5 heteroatoms.